The maximum atomic E-state index is 9.80. The van der Waals surface area contributed by atoms with E-state index in [1.54, 1.807) is 20.1 Å². The van der Waals surface area contributed by atoms with Crippen molar-refractivity contribution in [3.05, 3.63) is 29.3 Å². The molecule has 0 saturated heterocycles. The summed E-state index contributed by atoms with van der Waals surface area (Å²) in [6, 6.07) is 7.50. The highest BCUT2D eigenvalue weighted by Crippen LogP contribution is 2.27. The molecule has 1 rings (SSSR count). The molecule has 0 fully saturated rings. The topological polar surface area (TPSA) is 56.5 Å². The minimum atomic E-state index is -0.552. The number of ether oxygens (including phenoxy) is 1. The molecule has 0 aliphatic rings. The first-order valence-electron chi connectivity index (χ1n) is 6.10. The van der Waals surface area contributed by atoms with Gasteiger partial charge < -0.3 is 14.7 Å². The van der Waals surface area contributed by atoms with Crippen molar-refractivity contribution in [3.63, 3.8) is 0 Å². The normalized spacial score (nSPS) is 11.9. The summed E-state index contributed by atoms with van der Waals surface area (Å²) in [5.74, 6) is 0. The molecule has 0 radical (unpaired) electrons. The van der Waals surface area contributed by atoms with E-state index in [0.717, 1.165) is 24.3 Å². The van der Waals surface area contributed by atoms with Crippen molar-refractivity contribution < 1.29 is 9.84 Å². The van der Waals surface area contributed by atoms with Gasteiger partial charge in [-0.25, -0.2) is 0 Å². The summed E-state index contributed by atoms with van der Waals surface area (Å²) in [5, 5.41) is 18.8. The summed E-state index contributed by atoms with van der Waals surface area (Å²) in [6.45, 7) is 5.93. The second-order valence-corrected chi connectivity index (χ2v) is 4.13. The van der Waals surface area contributed by atoms with E-state index in [9.17, 15) is 5.11 Å². The molecule has 1 atom stereocenters. The number of nitrogens with zero attached hydrogens (tertiary/aromatic N) is 2. The summed E-state index contributed by atoms with van der Waals surface area (Å²) in [6.07, 6.45) is -0.552. The van der Waals surface area contributed by atoms with Crippen LogP contribution in [0.4, 0.5) is 5.69 Å². The van der Waals surface area contributed by atoms with Crippen LogP contribution in [-0.2, 0) is 4.74 Å². The van der Waals surface area contributed by atoms with Crippen LogP contribution in [0.15, 0.2) is 18.2 Å². The first-order valence-corrected chi connectivity index (χ1v) is 6.10. The zero-order valence-electron chi connectivity index (χ0n) is 11.2. The van der Waals surface area contributed by atoms with Gasteiger partial charge in [-0.1, -0.05) is 6.07 Å². The monoisotopic (exact) mass is 248 g/mol. The predicted octanol–water partition coefficient (Wildman–Crippen LogP) is 2.08. The van der Waals surface area contributed by atoms with Gasteiger partial charge in [-0.2, -0.15) is 5.26 Å². The highest BCUT2D eigenvalue weighted by atomic mass is 16.5. The fourth-order valence-corrected chi connectivity index (χ4v) is 1.89. The smallest absolute Gasteiger partial charge is 0.0992 e. The molecule has 4 nitrogen and oxygen atoms in total. The Morgan fingerprint density at radius 3 is 2.72 bits per heavy atom. The van der Waals surface area contributed by atoms with Crippen molar-refractivity contribution in [2.75, 3.05) is 31.7 Å². The predicted molar refractivity (Wildman–Crippen MR) is 71.6 cm³/mol. The second-order valence-electron chi connectivity index (χ2n) is 4.13. The van der Waals surface area contributed by atoms with Gasteiger partial charge in [0.25, 0.3) is 0 Å². The maximum Gasteiger partial charge on any atom is 0.0992 e. The third-order valence-electron chi connectivity index (χ3n) is 2.90. The molecule has 1 aromatic rings. The molecule has 98 valence electrons. The molecular formula is C14H20N2O2. The van der Waals surface area contributed by atoms with Gasteiger partial charge in [-0.15, -0.1) is 0 Å². The van der Waals surface area contributed by atoms with Crippen LogP contribution in [0.5, 0.6) is 0 Å². The van der Waals surface area contributed by atoms with Crippen LogP contribution in [0.25, 0.3) is 0 Å². The number of likely N-dealkylation sites (N-methyl/N-ethyl adjacent to an activating group) is 1. The van der Waals surface area contributed by atoms with Gasteiger partial charge in [0.05, 0.1) is 24.3 Å². The molecule has 0 heterocycles. The Labute approximate surface area is 108 Å². The average molecular weight is 248 g/mol. The Bertz CT molecular complexity index is 424. The van der Waals surface area contributed by atoms with Crippen molar-refractivity contribution in [1.29, 1.82) is 5.26 Å². The third-order valence-corrected chi connectivity index (χ3v) is 2.90. The molecule has 0 bridgehead atoms. The number of aliphatic hydroxyl groups is 1. The lowest BCUT2D eigenvalue weighted by molar-refractivity contribution is 0.197. The number of methoxy groups -OCH3 is 1. The van der Waals surface area contributed by atoms with E-state index in [0.29, 0.717) is 12.2 Å². The standard InChI is InChI=1S/C14H20N2O2/c1-4-16(7-8-18-3)14-9-12(10-15)5-6-13(14)11(2)17/h5-6,9,11,17H,4,7-8H2,1-3H3/t11-/m1/s1. The van der Waals surface area contributed by atoms with E-state index in [1.807, 2.05) is 19.1 Å². The molecule has 4 heteroatoms. The molecule has 0 unspecified atom stereocenters. The molecule has 0 amide bonds. The van der Waals surface area contributed by atoms with Crippen molar-refractivity contribution in [3.8, 4) is 6.07 Å². The van der Waals surface area contributed by atoms with Gasteiger partial charge in [0.15, 0.2) is 0 Å². The Morgan fingerprint density at radius 2 is 2.22 bits per heavy atom. The SMILES string of the molecule is CCN(CCOC)c1cc(C#N)ccc1[C@@H](C)O. The van der Waals surface area contributed by atoms with E-state index < -0.39 is 6.10 Å². The number of hydrogen-bond donors (Lipinski definition) is 1. The zero-order valence-corrected chi connectivity index (χ0v) is 11.2. The summed E-state index contributed by atoms with van der Waals surface area (Å²) >= 11 is 0. The minimum absolute atomic E-state index is 0.552. The fourth-order valence-electron chi connectivity index (χ4n) is 1.89. The van der Waals surface area contributed by atoms with E-state index in [-0.39, 0.29) is 0 Å². The molecule has 18 heavy (non-hydrogen) atoms. The van der Waals surface area contributed by atoms with Crippen molar-refractivity contribution in [1.82, 2.24) is 0 Å². The average Bonchev–Trinajstić information content (AvgIpc) is 2.39. The summed E-state index contributed by atoms with van der Waals surface area (Å²) < 4.78 is 5.08. The van der Waals surface area contributed by atoms with Crippen LogP contribution >= 0.6 is 0 Å². The Hall–Kier alpha value is -1.57. The number of anilines is 1. The molecule has 1 aromatic carbocycles. The first kappa shape index (κ1) is 14.5. The number of rotatable bonds is 6. The largest absolute Gasteiger partial charge is 0.389 e. The third kappa shape index (κ3) is 3.46. The number of hydrogen-bond acceptors (Lipinski definition) is 4. The second kappa shape index (κ2) is 7.00. The van der Waals surface area contributed by atoms with Gasteiger partial charge in [0.2, 0.25) is 0 Å². The van der Waals surface area contributed by atoms with Gasteiger partial charge in [0, 0.05) is 31.5 Å². The van der Waals surface area contributed by atoms with Crippen LogP contribution in [0, 0.1) is 11.3 Å². The summed E-state index contributed by atoms with van der Waals surface area (Å²) in [4.78, 5) is 2.10. The summed E-state index contributed by atoms with van der Waals surface area (Å²) in [7, 11) is 1.66. The molecule has 1 N–H and O–H groups in total. The molecule has 0 aliphatic heterocycles. The lowest BCUT2D eigenvalue weighted by Crippen LogP contribution is -2.28. The zero-order chi connectivity index (χ0) is 13.5. The van der Waals surface area contributed by atoms with Gasteiger partial charge in [-0.3, -0.25) is 0 Å². The lowest BCUT2D eigenvalue weighted by Gasteiger charge is -2.26. The van der Waals surface area contributed by atoms with Gasteiger partial charge in [-0.05, 0) is 26.0 Å². The van der Waals surface area contributed by atoms with Crippen LogP contribution in [0.3, 0.4) is 0 Å². The quantitative estimate of drug-likeness (QED) is 0.837. The van der Waals surface area contributed by atoms with Gasteiger partial charge in [0.1, 0.15) is 0 Å². The molecule has 0 aromatic heterocycles. The number of aliphatic hydroxyl groups excluding tert-OH is 1. The number of benzene rings is 1. The highest BCUT2D eigenvalue weighted by Gasteiger charge is 2.14. The van der Waals surface area contributed by atoms with Gasteiger partial charge >= 0.3 is 0 Å². The van der Waals surface area contributed by atoms with Crippen LogP contribution < -0.4 is 4.90 Å². The van der Waals surface area contributed by atoms with Crippen molar-refractivity contribution >= 4 is 5.69 Å². The van der Waals surface area contributed by atoms with Crippen molar-refractivity contribution in [2.45, 2.75) is 20.0 Å². The van der Waals surface area contributed by atoms with E-state index in [1.165, 1.54) is 0 Å². The lowest BCUT2D eigenvalue weighted by atomic mass is 10.0. The fraction of sp³-hybridized carbons (Fsp3) is 0.500. The van der Waals surface area contributed by atoms with E-state index in [2.05, 4.69) is 11.0 Å². The first-order chi connectivity index (χ1) is 8.63. The maximum absolute atomic E-state index is 9.80. The minimum Gasteiger partial charge on any atom is -0.389 e. The Morgan fingerprint density at radius 1 is 1.50 bits per heavy atom. The molecule has 0 saturated carbocycles. The van der Waals surface area contributed by atoms with E-state index >= 15 is 0 Å². The molecule has 0 aliphatic carbocycles. The van der Waals surface area contributed by atoms with Crippen LogP contribution in [0.1, 0.15) is 31.1 Å². The highest BCUT2D eigenvalue weighted by molar-refractivity contribution is 5.58. The Balaban J connectivity index is 3.12. The van der Waals surface area contributed by atoms with Crippen molar-refractivity contribution in [2.24, 2.45) is 0 Å². The Kier molecular flexibility index (Phi) is 5.63. The van der Waals surface area contributed by atoms with Crippen LogP contribution in [-0.4, -0.2) is 31.9 Å². The molecular weight excluding hydrogens is 228 g/mol. The van der Waals surface area contributed by atoms with E-state index in [4.69, 9.17) is 10.00 Å². The molecule has 0 spiro atoms. The van der Waals surface area contributed by atoms with Crippen LogP contribution in [0.2, 0.25) is 0 Å². The number of nitriles is 1. The summed E-state index contributed by atoms with van der Waals surface area (Å²) in [5.41, 5.74) is 2.35.